The zero-order chi connectivity index (χ0) is 10.6. The van der Waals surface area contributed by atoms with E-state index in [0.717, 1.165) is 0 Å². The first-order chi connectivity index (χ1) is 6.59. The number of anilines is 1. The van der Waals surface area contributed by atoms with Crippen LogP contribution >= 0.6 is 11.6 Å². The highest BCUT2D eigenvalue weighted by Crippen LogP contribution is 2.18. The van der Waals surface area contributed by atoms with Crippen molar-refractivity contribution in [2.45, 2.75) is 0 Å². The molecule has 14 heavy (non-hydrogen) atoms. The Morgan fingerprint density at radius 2 is 2.29 bits per heavy atom. The van der Waals surface area contributed by atoms with Crippen molar-refractivity contribution in [3.8, 4) is 0 Å². The van der Waals surface area contributed by atoms with Gasteiger partial charge in [0.1, 0.15) is 11.7 Å². The van der Waals surface area contributed by atoms with Gasteiger partial charge in [-0.25, -0.2) is 4.39 Å². The van der Waals surface area contributed by atoms with Gasteiger partial charge >= 0.3 is 0 Å². The first-order valence-corrected chi connectivity index (χ1v) is 4.19. The number of nitrogens with two attached hydrogens (primary N) is 1. The van der Waals surface area contributed by atoms with Gasteiger partial charge in [-0.1, -0.05) is 11.6 Å². The summed E-state index contributed by atoms with van der Waals surface area (Å²) in [5, 5.41) is 9.71. The lowest BCUT2D eigenvalue weighted by Crippen LogP contribution is -2.05. The van der Waals surface area contributed by atoms with Gasteiger partial charge in [-0.3, -0.25) is 5.41 Å². The van der Waals surface area contributed by atoms with E-state index in [9.17, 15) is 4.39 Å². The van der Waals surface area contributed by atoms with Crippen LogP contribution in [0.1, 0.15) is 0 Å². The van der Waals surface area contributed by atoms with Crippen LogP contribution in [0.2, 0.25) is 5.02 Å². The summed E-state index contributed by atoms with van der Waals surface area (Å²) in [5.41, 5.74) is 5.62. The van der Waals surface area contributed by atoms with Gasteiger partial charge in [0.25, 0.3) is 0 Å². The van der Waals surface area contributed by atoms with Crippen molar-refractivity contribution in [2.24, 2.45) is 5.73 Å². The summed E-state index contributed by atoms with van der Waals surface area (Å²) < 4.78 is 12.9. The van der Waals surface area contributed by atoms with Gasteiger partial charge in [0.05, 0.1) is 5.02 Å². The Balaban J connectivity index is 2.69. The minimum atomic E-state index is -0.493. The molecule has 0 saturated heterocycles. The second kappa shape index (κ2) is 4.62. The Morgan fingerprint density at radius 3 is 2.86 bits per heavy atom. The molecule has 0 unspecified atom stereocenters. The molecule has 0 aliphatic rings. The Morgan fingerprint density at radius 1 is 1.57 bits per heavy atom. The standard InChI is InChI=1S/C9H9ClFN3/c10-7-2-1-6(5-8(7)11)14-4-3-9(12)13/h1-5,14H,(H3,12,13)/b4-3-. The number of rotatable bonds is 3. The summed E-state index contributed by atoms with van der Waals surface area (Å²) in [6.45, 7) is 0. The molecule has 0 atom stereocenters. The molecule has 74 valence electrons. The van der Waals surface area contributed by atoms with Crippen LogP contribution in [0.4, 0.5) is 10.1 Å². The summed E-state index contributed by atoms with van der Waals surface area (Å²) in [7, 11) is 0. The molecule has 3 nitrogen and oxygen atoms in total. The van der Waals surface area contributed by atoms with Crippen molar-refractivity contribution >= 4 is 23.1 Å². The summed E-state index contributed by atoms with van der Waals surface area (Å²) in [5.74, 6) is -0.570. The summed E-state index contributed by atoms with van der Waals surface area (Å²) in [4.78, 5) is 0. The fraction of sp³-hybridized carbons (Fsp3) is 0. The number of nitrogens with one attached hydrogen (secondary N) is 2. The van der Waals surface area contributed by atoms with Gasteiger partial charge in [-0.05, 0) is 24.3 Å². The molecule has 0 fully saturated rings. The maximum absolute atomic E-state index is 12.9. The Hall–Kier alpha value is -1.55. The van der Waals surface area contributed by atoms with E-state index in [-0.39, 0.29) is 10.9 Å². The molecule has 0 radical (unpaired) electrons. The lowest BCUT2D eigenvalue weighted by molar-refractivity contribution is 0.629. The smallest absolute Gasteiger partial charge is 0.143 e. The maximum atomic E-state index is 12.9. The van der Waals surface area contributed by atoms with E-state index in [4.69, 9.17) is 22.7 Å². The van der Waals surface area contributed by atoms with E-state index in [2.05, 4.69) is 5.32 Å². The highest BCUT2D eigenvalue weighted by molar-refractivity contribution is 6.30. The molecular weight excluding hydrogens is 205 g/mol. The van der Waals surface area contributed by atoms with Crippen LogP contribution < -0.4 is 11.1 Å². The number of amidine groups is 1. The maximum Gasteiger partial charge on any atom is 0.143 e. The highest BCUT2D eigenvalue weighted by Gasteiger charge is 1.98. The predicted molar refractivity (Wildman–Crippen MR) is 56.1 cm³/mol. The first kappa shape index (κ1) is 10.5. The second-order valence-electron chi connectivity index (χ2n) is 2.56. The molecule has 0 aromatic heterocycles. The zero-order valence-corrected chi connectivity index (χ0v) is 7.98. The topological polar surface area (TPSA) is 61.9 Å². The van der Waals surface area contributed by atoms with Crippen molar-refractivity contribution in [2.75, 3.05) is 5.32 Å². The quantitative estimate of drug-likeness (QED) is 0.533. The minimum Gasteiger partial charge on any atom is -0.384 e. The van der Waals surface area contributed by atoms with Gasteiger partial charge in [0, 0.05) is 11.9 Å². The van der Waals surface area contributed by atoms with Crippen molar-refractivity contribution in [3.05, 3.63) is 41.3 Å². The normalized spacial score (nSPS) is 10.4. The molecule has 5 heteroatoms. The largest absolute Gasteiger partial charge is 0.384 e. The van der Waals surface area contributed by atoms with E-state index in [1.54, 1.807) is 6.07 Å². The van der Waals surface area contributed by atoms with Crippen LogP contribution in [-0.2, 0) is 0 Å². The molecule has 0 amide bonds. The van der Waals surface area contributed by atoms with Crippen LogP contribution in [0, 0.1) is 11.2 Å². The molecule has 0 aliphatic carbocycles. The van der Waals surface area contributed by atoms with Gasteiger partial charge in [-0.15, -0.1) is 0 Å². The molecule has 0 heterocycles. The Kier molecular flexibility index (Phi) is 3.48. The van der Waals surface area contributed by atoms with E-state index < -0.39 is 5.82 Å². The number of hydrogen-bond acceptors (Lipinski definition) is 2. The van der Waals surface area contributed by atoms with Crippen molar-refractivity contribution in [3.63, 3.8) is 0 Å². The lowest BCUT2D eigenvalue weighted by Gasteiger charge is -2.01. The summed E-state index contributed by atoms with van der Waals surface area (Å²) >= 11 is 5.49. The predicted octanol–water partition coefficient (Wildman–Crippen LogP) is 2.34. The molecule has 0 saturated carbocycles. The average Bonchev–Trinajstić information content (AvgIpc) is 2.10. The molecule has 1 aromatic carbocycles. The molecule has 0 spiro atoms. The van der Waals surface area contributed by atoms with Gasteiger partial charge in [-0.2, -0.15) is 0 Å². The Bertz CT molecular complexity index is 376. The molecule has 0 bridgehead atoms. The lowest BCUT2D eigenvalue weighted by atomic mass is 10.3. The SMILES string of the molecule is N=C(N)/C=C\Nc1ccc(Cl)c(F)c1. The third kappa shape index (κ3) is 3.06. The van der Waals surface area contributed by atoms with E-state index in [1.807, 2.05) is 0 Å². The molecular formula is C9H9ClFN3. The summed E-state index contributed by atoms with van der Waals surface area (Å²) in [6.07, 6.45) is 2.80. The average molecular weight is 214 g/mol. The van der Waals surface area contributed by atoms with Gasteiger partial charge in [0.2, 0.25) is 0 Å². The van der Waals surface area contributed by atoms with Crippen molar-refractivity contribution in [1.29, 1.82) is 5.41 Å². The third-order valence-corrected chi connectivity index (χ3v) is 1.74. The summed E-state index contributed by atoms with van der Waals surface area (Å²) in [6, 6.07) is 4.32. The fourth-order valence-corrected chi connectivity index (χ4v) is 0.931. The minimum absolute atomic E-state index is 0.0751. The molecule has 1 aromatic rings. The van der Waals surface area contributed by atoms with E-state index in [1.165, 1.54) is 24.4 Å². The van der Waals surface area contributed by atoms with Crippen LogP contribution in [-0.4, -0.2) is 5.84 Å². The third-order valence-electron chi connectivity index (χ3n) is 1.43. The van der Waals surface area contributed by atoms with Crippen LogP contribution in [0.3, 0.4) is 0 Å². The Labute approximate surface area is 85.9 Å². The van der Waals surface area contributed by atoms with Crippen LogP contribution in [0.15, 0.2) is 30.5 Å². The number of benzene rings is 1. The first-order valence-electron chi connectivity index (χ1n) is 3.82. The zero-order valence-electron chi connectivity index (χ0n) is 7.22. The van der Waals surface area contributed by atoms with Gasteiger partial charge < -0.3 is 11.1 Å². The fourth-order valence-electron chi connectivity index (χ4n) is 0.814. The van der Waals surface area contributed by atoms with Crippen molar-refractivity contribution < 1.29 is 4.39 Å². The second-order valence-corrected chi connectivity index (χ2v) is 2.97. The monoisotopic (exact) mass is 213 g/mol. The number of hydrogen-bond donors (Lipinski definition) is 3. The highest BCUT2D eigenvalue weighted by atomic mass is 35.5. The number of halogens is 2. The van der Waals surface area contributed by atoms with Gasteiger partial charge in [0.15, 0.2) is 0 Å². The van der Waals surface area contributed by atoms with Crippen molar-refractivity contribution in [1.82, 2.24) is 0 Å². The van der Waals surface area contributed by atoms with E-state index >= 15 is 0 Å². The van der Waals surface area contributed by atoms with Crippen LogP contribution in [0.25, 0.3) is 0 Å². The molecule has 1 rings (SSSR count). The molecule has 0 aliphatic heterocycles. The van der Waals surface area contributed by atoms with E-state index in [0.29, 0.717) is 5.69 Å². The van der Waals surface area contributed by atoms with Crippen LogP contribution in [0.5, 0.6) is 0 Å². The molecule has 4 N–H and O–H groups in total.